The van der Waals surface area contributed by atoms with Crippen LogP contribution in [-0.4, -0.2) is 46.7 Å². The van der Waals surface area contributed by atoms with E-state index in [1.807, 2.05) is 0 Å². The third-order valence-electron chi connectivity index (χ3n) is 3.05. The SMILES string of the molecule is O=C(OC1CCCCC1)C1COS(=O)(=O)CS(=O)(=O)O1. The summed E-state index contributed by atoms with van der Waals surface area (Å²) in [6.45, 7) is -0.687. The fourth-order valence-corrected chi connectivity index (χ4v) is 4.87. The Morgan fingerprint density at radius 3 is 2.30 bits per heavy atom. The van der Waals surface area contributed by atoms with Crippen molar-refractivity contribution in [2.24, 2.45) is 0 Å². The van der Waals surface area contributed by atoms with Gasteiger partial charge < -0.3 is 4.74 Å². The minimum atomic E-state index is -4.38. The maximum atomic E-state index is 11.8. The maximum absolute atomic E-state index is 11.8. The Balaban J connectivity index is 2.02. The van der Waals surface area contributed by atoms with Gasteiger partial charge >= 0.3 is 5.97 Å². The van der Waals surface area contributed by atoms with Crippen molar-refractivity contribution in [3.8, 4) is 0 Å². The second-order valence-electron chi connectivity index (χ2n) is 4.80. The second-order valence-corrected chi connectivity index (χ2v) is 8.40. The molecule has 1 aliphatic carbocycles. The van der Waals surface area contributed by atoms with E-state index in [9.17, 15) is 21.6 Å². The molecule has 0 N–H and O–H groups in total. The van der Waals surface area contributed by atoms with Gasteiger partial charge in [0.1, 0.15) is 12.7 Å². The Kier molecular flexibility index (Phi) is 4.67. The molecule has 0 aromatic rings. The van der Waals surface area contributed by atoms with Gasteiger partial charge in [-0.3, -0.25) is 8.37 Å². The molecular formula is C10H16O8S2. The Hall–Kier alpha value is -0.710. The molecule has 1 aliphatic heterocycles. The molecule has 1 saturated carbocycles. The van der Waals surface area contributed by atoms with Crippen LogP contribution in [0.3, 0.4) is 0 Å². The molecule has 1 atom stereocenters. The van der Waals surface area contributed by atoms with Gasteiger partial charge in [-0.15, -0.1) is 0 Å². The molecule has 20 heavy (non-hydrogen) atoms. The number of ether oxygens (including phenoxy) is 1. The number of esters is 1. The van der Waals surface area contributed by atoms with E-state index in [-0.39, 0.29) is 6.10 Å². The van der Waals surface area contributed by atoms with Gasteiger partial charge in [0.2, 0.25) is 5.08 Å². The fourth-order valence-electron chi connectivity index (χ4n) is 2.14. The lowest BCUT2D eigenvalue weighted by Crippen LogP contribution is -2.34. The quantitative estimate of drug-likeness (QED) is 0.510. The lowest BCUT2D eigenvalue weighted by molar-refractivity contribution is -0.159. The van der Waals surface area contributed by atoms with Crippen LogP contribution in [-0.2, 0) is 38.1 Å². The van der Waals surface area contributed by atoms with Crippen LogP contribution in [0.1, 0.15) is 32.1 Å². The smallest absolute Gasteiger partial charge is 0.339 e. The van der Waals surface area contributed by atoms with Crippen molar-refractivity contribution in [3.63, 3.8) is 0 Å². The molecule has 0 aromatic carbocycles. The first-order valence-corrected chi connectivity index (χ1v) is 9.41. The summed E-state index contributed by atoms with van der Waals surface area (Å²) in [5.41, 5.74) is 0. The van der Waals surface area contributed by atoms with E-state index in [4.69, 9.17) is 4.74 Å². The molecule has 1 unspecified atom stereocenters. The highest BCUT2D eigenvalue weighted by Gasteiger charge is 2.38. The zero-order chi connectivity index (χ0) is 14.8. The minimum Gasteiger partial charge on any atom is -0.460 e. The summed E-state index contributed by atoms with van der Waals surface area (Å²) in [5, 5.41) is -1.30. The van der Waals surface area contributed by atoms with E-state index >= 15 is 0 Å². The number of carbonyl (C=O) groups excluding carboxylic acids is 1. The highest BCUT2D eigenvalue weighted by Crippen LogP contribution is 2.22. The summed E-state index contributed by atoms with van der Waals surface area (Å²) >= 11 is 0. The molecule has 0 amide bonds. The summed E-state index contributed by atoms with van der Waals surface area (Å²) in [5.74, 6) is -0.905. The van der Waals surface area contributed by atoms with Crippen molar-refractivity contribution in [2.75, 3.05) is 11.7 Å². The molecular weight excluding hydrogens is 312 g/mol. The number of carbonyl (C=O) groups is 1. The molecule has 10 heteroatoms. The zero-order valence-electron chi connectivity index (χ0n) is 10.7. The van der Waals surface area contributed by atoms with Crippen LogP contribution in [0.25, 0.3) is 0 Å². The normalized spacial score (nSPS) is 30.3. The van der Waals surface area contributed by atoms with Crippen molar-refractivity contribution in [3.05, 3.63) is 0 Å². The third kappa shape index (κ3) is 4.40. The third-order valence-corrected chi connectivity index (χ3v) is 6.38. The predicted molar refractivity (Wildman–Crippen MR) is 66.5 cm³/mol. The molecule has 0 radical (unpaired) electrons. The summed E-state index contributed by atoms with van der Waals surface area (Å²) in [7, 11) is -8.62. The Morgan fingerprint density at radius 1 is 1.00 bits per heavy atom. The first kappa shape index (κ1) is 15.7. The van der Waals surface area contributed by atoms with E-state index in [1.165, 1.54) is 0 Å². The summed E-state index contributed by atoms with van der Waals surface area (Å²) in [6.07, 6.45) is 2.53. The van der Waals surface area contributed by atoms with Gasteiger partial charge in [0.15, 0.2) is 6.10 Å². The van der Waals surface area contributed by atoms with Crippen molar-refractivity contribution in [1.29, 1.82) is 0 Å². The summed E-state index contributed by atoms with van der Waals surface area (Å²) in [6, 6.07) is 0. The van der Waals surface area contributed by atoms with Gasteiger partial charge in [-0.05, 0) is 25.7 Å². The van der Waals surface area contributed by atoms with Crippen molar-refractivity contribution >= 4 is 26.2 Å². The molecule has 1 heterocycles. The predicted octanol–water partition coefficient (Wildman–Crippen LogP) is -0.105. The molecule has 0 bridgehead atoms. The largest absolute Gasteiger partial charge is 0.460 e. The standard InChI is InChI=1S/C10H16O8S2/c11-10(17-8-4-2-1-3-5-8)9-6-16-19(12,13)7-20(14,15)18-9/h8-9H,1-7H2. The Morgan fingerprint density at radius 2 is 1.65 bits per heavy atom. The first-order chi connectivity index (χ1) is 9.27. The van der Waals surface area contributed by atoms with Crippen LogP contribution in [0.15, 0.2) is 0 Å². The zero-order valence-corrected chi connectivity index (χ0v) is 12.3. The fraction of sp³-hybridized carbons (Fsp3) is 0.900. The first-order valence-electron chi connectivity index (χ1n) is 6.26. The molecule has 2 fully saturated rings. The molecule has 1 saturated heterocycles. The van der Waals surface area contributed by atoms with E-state index < -0.39 is 44.0 Å². The molecule has 0 aromatic heterocycles. The van der Waals surface area contributed by atoms with E-state index in [0.29, 0.717) is 12.8 Å². The minimum absolute atomic E-state index is 0.276. The van der Waals surface area contributed by atoms with Crippen molar-refractivity contribution in [2.45, 2.75) is 44.3 Å². The molecule has 8 nitrogen and oxygen atoms in total. The lowest BCUT2D eigenvalue weighted by Gasteiger charge is -2.23. The van der Waals surface area contributed by atoms with Crippen molar-refractivity contribution < 1.29 is 34.7 Å². The second kappa shape index (κ2) is 5.96. The number of rotatable bonds is 2. The van der Waals surface area contributed by atoms with Gasteiger partial charge in [0.25, 0.3) is 20.2 Å². The van der Waals surface area contributed by atoms with Crippen LogP contribution in [0.5, 0.6) is 0 Å². The highest BCUT2D eigenvalue weighted by molar-refractivity contribution is 8.03. The maximum Gasteiger partial charge on any atom is 0.339 e. The van der Waals surface area contributed by atoms with E-state index in [0.717, 1.165) is 19.3 Å². The molecule has 116 valence electrons. The average molecular weight is 328 g/mol. The number of hydrogen-bond acceptors (Lipinski definition) is 8. The Bertz CT molecular complexity index is 558. The Labute approximate surface area is 117 Å². The van der Waals surface area contributed by atoms with Gasteiger partial charge in [-0.25, -0.2) is 4.79 Å². The van der Waals surface area contributed by atoms with Crippen molar-refractivity contribution in [1.82, 2.24) is 0 Å². The topological polar surface area (TPSA) is 113 Å². The summed E-state index contributed by atoms with van der Waals surface area (Å²) in [4.78, 5) is 11.8. The van der Waals surface area contributed by atoms with Gasteiger partial charge in [0, 0.05) is 0 Å². The van der Waals surface area contributed by atoms with Gasteiger partial charge in [-0.1, -0.05) is 6.42 Å². The van der Waals surface area contributed by atoms with E-state index in [1.54, 1.807) is 0 Å². The van der Waals surface area contributed by atoms with Gasteiger partial charge in [-0.2, -0.15) is 16.8 Å². The van der Waals surface area contributed by atoms with Crippen LogP contribution in [0.2, 0.25) is 0 Å². The summed E-state index contributed by atoms with van der Waals surface area (Å²) < 4.78 is 59.3. The van der Waals surface area contributed by atoms with Crippen LogP contribution < -0.4 is 0 Å². The highest BCUT2D eigenvalue weighted by atomic mass is 32.3. The molecule has 0 spiro atoms. The lowest BCUT2D eigenvalue weighted by atomic mass is 9.98. The average Bonchev–Trinajstić information content (AvgIpc) is 2.45. The van der Waals surface area contributed by atoms with Gasteiger partial charge in [0.05, 0.1) is 0 Å². The number of hydrogen-bond donors (Lipinski definition) is 0. The molecule has 2 aliphatic rings. The van der Waals surface area contributed by atoms with Crippen LogP contribution >= 0.6 is 0 Å². The monoisotopic (exact) mass is 328 g/mol. The molecule has 2 rings (SSSR count). The van der Waals surface area contributed by atoms with Crippen LogP contribution in [0, 0.1) is 0 Å². The van der Waals surface area contributed by atoms with E-state index in [2.05, 4.69) is 8.37 Å². The van der Waals surface area contributed by atoms with Crippen LogP contribution in [0.4, 0.5) is 0 Å².